The number of fused-ring (bicyclic) bond motifs is 1. The molecule has 0 radical (unpaired) electrons. The highest BCUT2D eigenvalue weighted by Crippen LogP contribution is 2.14. The Bertz CT molecular complexity index is 1320. The quantitative estimate of drug-likeness (QED) is 0.496. The van der Waals surface area contributed by atoms with Crippen LogP contribution in [0, 0.1) is 12.7 Å². The number of aromatic nitrogens is 2. The molecule has 0 atom stereocenters. The highest BCUT2D eigenvalue weighted by molar-refractivity contribution is 6.04. The second-order valence-corrected chi connectivity index (χ2v) is 6.70. The fraction of sp³-hybridized carbons (Fsp3) is 0.0909. The molecule has 0 saturated carbocycles. The van der Waals surface area contributed by atoms with Crippen molar-refractivity contribution >= 4 is 23.2 Å². The number of carbonyl (C=O) groups excluding carboxylic acids is 2. The number of halogens is 1. The summed E-state index contributed by atoms with van der Waals surface area (Å²) in [6.45, 7) is 1.51. The van der Waals surface area contributed by atoms with Gasteiger partial charge >= 0.3 is 5.97 Å². The summed E-state index contributed by atoms with van der Waals surface area (Å²) < 4.78 is 24.4. The van der Waals surface area contributed by atoms with Gasteiger partial charge in [0.25, 0.3) is 11.5 Å². The van der Waals surface area contributed by atoms with Crippen molar-refractivity contribution < 1.29 is 23.2 Å². The van der Waals surface area contributed by atoms with Crippen molar-refractivity contribution in [2.24, 2.45) is 0 Å². The van der Waals surface area contributed by atoms with Crippen molar-refractivity contribution in [1.29, 1.82) is 0 Å². The Morgan fingerprint density at radius 2 is 1.74 bits per heavy atom. The average molecular weight is 421 g/mol. The zero-order valence-electron chi connectivity index (χ0n) is 16.3. The van der Waals surface area contributed by atoms with Gasteiger partial charge in [-0.3, -0.25) is 9.59 Å². The molecule has 2 aromatic heterocycles. The van der Waals surface area contributed by atoms with E-state index in [0.717, 1.165) is 4.57 Å². The van der Waals surface area contributed by atoms with Crippen molar-refractivity contribution in [3.05, 3.63) is 99.4 Å². The number of amides is 1. The molecule has 9 heteroatoms. The number of hydrogen-bond acceptors (Lipinski definition) is 6. The van der Waals surface area contributed by atoms with E-state index < -0.39 is 23.3 Å². The number of aryl methyl sites for hydroxylation is 1. The van der Waals surface area contributed by atoms with Crippen LogP contribution in [0.15, 0.2) is 70.0 Å². The zero-order valence-corrected chi connectivity index (χ0v) is 16.3. The van der Waals surface area contributed by atoms with Gasteiger partial charge < -0.3 is 14.6 Å². The zero-order chi connectivity index (χ0) is 22.0. The van der Waals surface area contributed by atoms with Gasteiger partial charge in [-0.2, -0.15) is 0 Å². The summed E-state index contributed by atoms with van der Waals surface area (Å²) in [6.07, 6.45) is 0. The molecule has 0 saturated heterocycles. The van der Waals surface area contributed by atoms with Crippen LogP contribution in [0.3, 0.4) is 0 Å². The molecule has 0 fully saturated rings. The van der Waals surface area contributed by atoms with Gasteiger partial charge in [0.05, 0.1) is 11.3 Å². The lowest BCUT2D eigenvalue weighted by Gasteiger charge is -2.07. The minimum Gasteiger partial charge on any atom is -0.456 e. The lowest BCUT2D eigenvalue weighted by Crippen LogP contribution is -2.15. The fourth-order valence-electron chi connectivity index (χ4n) is 2.86. The second kappa shape index (κ2) is 8.23. The number of anilines is 1. The van der Waals surface area contributed by atoms with E-state index in [1.165, 1.54) is 42.5 Å². The van der Waals surface area contributed by atoms with Gasteiger partial charge in [0.2, 0.25) is 0 Å². The molecule has 0 aliphatic rings. The number of carbonyl (C=O) groups is 2. The van der Waals surface area contributed by atoms with Crippen molar-refractivity contribution in [2.75, 3.05) is 5.32 Å². The maximum atomic E-state index is 13.0. The van der Waals surface area contributed by atoms with E-state index >= 15 is 0 Å². The van der Waals surface area contributed by atoms with Gasteiger partial charge in [-0.1, -0.05) is 0 Å². The summed E-state index contributed by atoms with van der Waals surface area (Å²) in [5, 5.41) is 2.66. The molecule has 0 spiro atoms. The van der Waals surface area contributed by atoms with Crippen molar-refractivity contribution in [3.63, 3.8) is 0 Å². The molecule has 2 heterocycles. The van der Waals surface area contributed by atoms with E-state index in [1.54, 1.807) is 25.1 Å². The van der Waals surface area contributed by atoms with Gasteiger partial charge in [-0.15, -0.1) is 4.57 Å². The minimum absolute atomic E-state index is 0.183. The first-order valence-electron chi connectivity index (χ1n) is 9.23. The molecule has 4 aromatic rings. The van der Waals surface area contributed by atoms with Gasteiger partial charge in [0.15, 0.2) is 5.65 Å². The fourth-order valence-corrected chi connectivity index (χ4v) is 2.86. The molecule has 156 valence electrons. The van der Waals surface area contributed by atoms with E-state index in [0.29, 0.717) is 28.4 Å². The molecule has 0 aliphatic carbocycles. The van der Waals surface area contributed by atoms with E-state index in [9.17, 15) is 18.8 Å². The summed E-state index contributed by atoms with van der Waals surface area (Å²) in [5.41, 5.74) is 1.24. The second-order valence-electron chi connectivity index (χ2n) is 6.70. The smallest absolute Gasteiger partial charge is 0.338 e. The van der Waals surface area contributed by atoms with Gasteiger partial charge in [0.1, 0.15) is 18.2 Å². The van der Waals surface area contributed by atoms with Crippen LogP contribution < -0.4 is 10.9 Å². The molecular weight excluding hydrogens is 405 g/mol. The number of hydrogen-bond donors (Lipinski definition) is 1. The highest BCUT2D eigenvalue weighted by Gasteiger charge is 2.12. The molecule has 4 rings (SSSR count). The molecule has 2 aromatic carbocycles. The molecule has 31 heavy (non-hydrogen) atoms. The maximum absolute atomic E-state index is 13.0. The third-order valence-electron chi connectivity index (χ3n) is 4.36. The number of esters is 1. The van der Waals surface area contributed by atoms with E-state index in [-0.39, 0.29) is 12.2 Å². The van der Waals surface area contributed by atoms with Crippen LogP contribution in [-0.2, 0) is 11.3 Å². The van der Waals surface area contributed by atoms with Gasteiger partial charge in [-0.25, -0.2) is 14.2 Å². The van der Waals surface area contributed by atoms with Gasteiger partial charge in [-0.05, 0) is 55.5 Å². The third kappa shape index (κ3) is 4.50. The summed E-state index contributed by atoms with van der Waals surface area (Å²) in [4.78, 5) is 40.7. The van der Waals surface area contributed by atoms with Crippen molar-refractivity contribution in [3.8, 4) is 0 Å². The molecular formula is C22H16FN3O5. The predicted molar refractivity (Wildman–Crippen MR) is 108 cm³/mol. The molecule has 1 N–H and O–H groups in total. The molecule has 1 amide bonds. The monoisotopic (exact) mass is 421 g/mol. The summed E-state index contributed by atoms with van der Waals surface area (Å²) in [6, 6.07) is 14.1. The standard InChI is InChI=1S/C22H16FN3O5/c1-13-10-19-24-18(11-20(27)26(19)31-13)12-30-22(29)15-4-8-17(9-5-15)25-21(28)14-2-6-16(23)7-3-14/h2-11H,12H2,1H3,(H,25,28). The maximum Gasteiger partial charge on any atom is 0.338 e. The summed E-state index contributed by atoms with van der Waals surface area (Å²) >= 11 is 0. The highest BCUT2D eigenvalue weighted by atomic mass is 19.1. The Hall–Kier alpha value is -4.27. The van der Waals surface area contributed by atoms with Crippen LogP contribution >= 0.6 is 0 Å². The molecule has 0 aliphatic heterocycles. The van der Waals surface area contributed by atoms with Crippen LogP contribution in [0.1, 0.15) is 32.2 Å². The minimum atomic E-state index is -0.609. The average Bonchev–Trinajstić information content (AvgIpc) is 3.14. The Balaban J connectivity index is 1.38. The molecule has 8 nitrogen and oxygen atoms in total. The Morgan fingerprint density at radius 1 is 1.06 bits per heavy atom. The number of ether oxygens (including phenoxy) is 1. The van der Waals surface area contributed by atoms with E-state index in [4.69, 9.17) is 9.26 Å². The number of nitrogens with one attached hydrogen (secondary N) is 1. The third-order valence-corrected chi connectivity index (χ3v) is 4.36. The first-order valence-corrected chi connectivity index (χ1v) is 9.23. The summed E-state index contributed by atoms with van der Waals surface area (Å²) in [7, 11) is 0. The molecule has 0 bridgehead atoms. The first-order chi connectivity index (χ1) is 14.9. The van der Waals surface area contributed by atoms with Crippen LogP contribution in [-0.4, -0.2) is 21.4 Å². The lowest BCUT2D eigenvalue weighted by atomic mass is 10.2. The van der Waals surface area contributed by atoms with Crippen molar-refractivity contribution in [2.45, 2.75) is 13.5 Å². The van der Waals surface area contributed by atoms with E-state index in [1.807, 2.05) is 0 Å². The SMILES string of the molecule is Cc1cc2nc(COC(=O)c3ccc(NC(=O)c4ccc(F)cc4)cc3)cc(=O)n2o1. The number of rotatable bonds is 5. The normalized spacial score (nSPS) is 10.8. The first kappa shape index (κ1) is 20.0. The van der Waals surface area contributed by atoms with Crippen molar-refractivity contribution in [1.82, 2.24) is 9.56 Å². The van der Waals surface area contributed by atoms with Crippen LogP contribution in [0.2, 0.25) is 0 Å². The number of benzene rings is 2. The largest absolute Gasteiger partial charge is 0.456 e. The van der Waals surface area contributed by atoms with E-state index in [2.05, 4.69) is 10.3 Å². The number of nitrogens with zero attached hydrogens (tertiary/aromatic N) is 2. The topological polar surface area (TPSA) is 103 Å². The Kier molecular flexibility index (Phi) is 5.31. The van der Waals surface area contributed by atoms with Crippen LogP contribution in [0.5, 0.6) is 0 Å². The van der Waals surface area contributed by atoms with Gasteiger partial charge in [0, 0.05) is 23.4 Å². The summed E-state index contributed by atoms with van der Waals surface area (Å²) in [5.74, 6) is -0.913. The Labute approximate surface area is 174 Å². The Morgan fingerprint density at radius 3 is 2.45 bits per heavy atom. The van der Waals surface area contributed by atoms with Crippen LogP contribution in [0.4, 0.5) is 10.1 Å². The predicted octanol–water partition coefficient (Wildman–Crippen LogP) is 3.34. The molecule has 0 unspecified atom stereocenters. The van der Waals surface area contributed by atoms with Crippen LogP contribution in [0.25, 0.3) is 5.65 Å². The lowest BCUT2D eigenvalue weighted by molar-refractivity contribution is 0.0467.